The lowest BCUT2D eigenvalue weighted by Gasteiger charge is -2.42. The van der Waals surface area contributed by atoms with Crippen LogP contribution in [0.3, 0.4) is 0 Å². The first-order chi connectivity index (χ1) is 16.1. The van der Waals surface area contributed by atoms with Crippen molar-refractivity contribution in [3.63, 3.8) is 0 Å². The molecule has 5 nitrogen and oxygen atoms in total. The zero-order valence-electron chi connectivity index (χ0n) is 19.5. The molecule has 0 amide bonds. The normalized spacial score (nSPS) is 29.1. The Morgan fingerprint density at radius 2 is 1.70 bits per heavy atom. The number of allylic oxidation sites excluding steroid dienone is 1. The van der Waals surface area contributed by atoms with Gasteiger partial charge in [0, 0.05) is 34.4 Å². The third kappa shape index (κ3) is 4.77. The Balaban J connectivity index is 1.51. The van der Waals surface area contributed by atoms with Crippen molar-refractivity contribution in [1.82, 2.24) is 14.9 Å². The van der Waals surface area contributed by atoms with Crippen molar-refractivity contribution >= 4 is 22.9 Å². The minimum Gasteiger partial charge on any atom is -0.322 e. The number of dihydropyridines is 1. The highest BCUT2D eigenvalue weighted by Gasteiger charge is 2.37. The van der Waals surface area contributed by atoms with Gasteiger partial charge in [-0.1, -0.05) is 30.2 Å². The Hall–Kier alpha value is -2.08. The number of aromatic nitrogens is 2. The van der Waals surface area contributed by atoms with Gasteiger partial charge in [-0.2, -0.15) is 0 Å². The number of hydrogen-bond acceptors (Lipinski definition) is 5. The SMILES string of the molecule is CC1N=C(c2ccc(Cl)cc2)C(c2ccncn2)=C(C2CCC(N3CCCCC3)CC2)[C@@H]1N. The van der Waals surface area contributed by atoms with Gasteiger partial charge in [0.25, 0.3) is 0 Å². The molecule has 0 bridgehead atoms. The lowest BCUT2D eigenvalue weighted by Crippen LogP contribution is -2.45. The van der Waals surface area contributed by atoms with E-state index < -0.39 is 0 Å². The second-order valence-electron chi connectivity index (χ2n) is 9.78. The van der Waals surface area contributed by atoms with E-state index in [-0.39, 0.29) is 12.1 Å². The number of halogens is 1. The molecule has 33 heavy (non-hydrogen) atoms. The molecule has 174 valence electrons. The molecular formula is C27H34ClN5. The molecule has 5 rings (SSSR count). The summed E-state index contributed by atoms with van der Waals surface area (Å²) in [5.74, 6) is 0.464. The van der Waals surface area contributed by atoms with Crippen molar-refractivity contribution in [2.24, 2.45) is 16.6 Å². The van der Waals surface area contributed by atoms with E-state index in [1.807, 2.05) is 24.4 Å². The van der Waals surface area contributed by atoms with Crippen LogP contribution in [-0.2, 0) is 0 Å². The van der Waals surface area contributed by atoms with E-state index in [1.54, 1.807) is 6.33 Å². The number of nitrogens with two attached hydrogens (primary N) is 1. The largest absolute Gasteiger partial charge is 0.322 e. The first kappa shape index (κ1) is 22.7. The Morgan fingerprint density at radius 1 is 0.970 bits per heavy atom. The second-order valence-corrected chi connectivity index (χ2v) is 10.2. The van der Waals surface area contributed by atoms with Crippen molar-refractivity contribution in [2.45, 2.75) is 70.0 Å². The molecule has 1 unspecified atom stereocenters. The molecule has 0 radical (unpaired) electrons. The molecule has 2 atom stereocenters. The molecule has 6 heteroatoms. The van der Waals surface area contributed by atoms with Crippen molar-refractivity contribution in [3.05, 3.63) is 64.7 Å². The van der Waals surface area contributed by atoms with Gasteiger partial charge in [-0.05, 0) is 88.2 Å². The van der Waals surface area contributed by atoms with E-state index in [4.69, 9.17) is 22.3 Å². The Labute approximate surface area is 202 Å². The van der Waals surface area contributed by atoms with Gasteiger partial charge in [0.2, 0.25) is 0 Å². The van der Waals surface area contributed by atoms with Gasteiger partial charge >= 0.3 is 0 Å². The molecule has 2 aliphatic heterocycles. The number of likely N-dealkylation sites (tertiary alicyclic amines) is 1. The lowest BCUT2D eigenvalue weighted by atomic mass is 9.73. The van der Waals surface area contributed by atoms with Crippen LogP contribution in [0, 0.1) is 5.92 Å². The maximum absolute atomic E-state index is 6.88. The summed E-state index contributed by atoms with van der Waals surface area (Å²) in [5, 5.41) is 0.726. The van der Waals surface area contributed by atoms with Crippen molar-refractivity contribution in [2.75, 3.05) is 13.1 Å². The summed E-state index contributed by atoms with van der Waals surface area (Å²) in [7, 11) is 0. The fraction of sp³-hybridized carbons (Fsp3) is 0.519. The highest BCUT2D eigenvalue weighted by molar-refractivity contribution is 6.34. The van der Waals surface area contributed by atoms with E-state index in [0.29, 0.717) is 5.92 Å². The predicted octanol–water partition coefficient (Wildman–Crippen LogP) is 5.15. The fourth-order valence-electron chi connectivity index (χ4n) is 5.96. The average Bonchev–Trinajstić information content (AvgIpc) is 2.87. The number of benzene rings is 1. The molecule has 2 N–H and O–H groups in total. The van der Waals surface area contributed by atoms with E-state index in [0.717, 1.165) is 33.6 Å². The van der Waals surface area contributed by atoms with Gasteiger partial charge in [-0.15, -0.1) is 0 Å². The van der Waals surface area contributed by atoms with Crippen LogP contribution >= 0.6 is 11.6 Å². The second kappa shape index (κ2) is 10.0. The fourth-order valence-corrected chi connectivity index (χ4v) is 6.08. The highest BCUT2D eigenvalue weighted by atomic mass is 35.5. The zero-order valence-corrected chi connectivity index (χ0v) is 20.2. The predicted molar refractivity (Wildman–Crippen MR) is 136 cm³/mol. The molecular weight excluding hydrogens is 430 g/mol. The molecule has 2 aromatic rings. The van der Waals surface area contributed by atoms with Gasteiger partial charge in [0.05, 0.1) is 17.4 Å². The number of rotatable bonds is 4. The van der Waals surface area contributed by atoms with Crippen LogP contribution in [0.4, 0.5) is 0 Å². The highest BCUT2D eigenvalue weighted by Crippen LogP contribution is 2.41. The van der Waals surface area contributed by atoms with Crippen LogP contribution in [0.15, 0.2) is 53.4 Å². The summed E-state index contributed by atoms with van der Waals surface area (Å²) in [6.07, 6.45) is 12.4. The number of nitrogens with zero attached hydrogens (tertiary/aromatic N) is 4. The van der Waals surface area contributed by atoms with Crippen LogP contribution < -0.4 is 5.73 Å². The summed E-state index contributed by atoms with van der Waals surface area (Å²) in [5.41, 5.74) is 12.3. The summed E-state index contributed by atoms with van der Waals surface area (Å²) in [6.45, 7) is 4.68. The molecule has 1 aromatic carbocycles. The molecule has 1 aliphatic carbocycles. The number of piperidine rings is 1. The zero-order chi connectivity index (χ0) is 22.8. The molecule has 3 heterocycles. The first-order valence-electron chi connectivity index (χ1n) is 12.5. The third-order valence-electron chi connectivity index (χ3n) is 7.74. The van der Waals surface area contributed by atoms with Gasteiger partial charge < -0.3 is 10.6 Å². The van der Waals surface area contributed by atoms with Gasteiger partial charge in [0.15, 0.2) is 0 Å². The summed E-state index contributed by atoms with van der Waals surface area (Å²) < 4.78 is 0. The molecule has 0 spiro atoms. The van der Waals surface area contributed by atoms with E-state index in [9.17, 15) is 0 Å². The van der Waals surface area contributed by atoms with Crippen molar-refractivity contribution < 1.29 is 0 Å². The van der Waals surface area contributed by atoms with Crippen molar-refractivity contribution in [1.29, 1.82) is 0 Å². The van der Waals surface area contributed by atoms with Crippen LogP contribution in [0.5, 0.6) is 0 Å². The van der Waals surface area contributed by atoms with Gasteiger partial charge in [-0.25, -0.2) is 9.97 Å². The minimum atomic E-state index is -0.0949. The van der Waals surface area contributed by atoms with E-state index in [1.165, 1.54) is 63.6 Å². The maximum Gasteiger partial charge on any atom is 0.116 e. The summed E-state index contributed by atoms with van der Waals surface area (Å²) in [4.78, 5) is 16.6. The molecule has 1 saturated carbocycles. The van der Waals surface area contributed by atoms with Gasteiger partial charge in [0.1, 0.15) is 6.33 Å². The van der Waals surface area contributed by atoms with E-state index in [2.05, 4.69) is 33.9 Å². The first-order valence-corrected chi connectivity index (χ1v) is 12.8. The monoisotopic (exact) mass is 463 g/mol. The average molecular weight is 464 g/mol. The number of hydrogen-bond donors (Lipinski definition) is 1. The van der Waals surface area contributed by atoms with Crippen LogP contribution in [0.25, 0.3) is 5.57 Å². The minimum absolute atomic E-state index is 0.0242. The quantitative estimate of drug-likeness (QED) is 0.681. The Morgan fingerprint density at radius 3 is 2.36 bits per heavy atom. The maximum atomic E-state index is 6.88. The third-order valence-corrected chi connectivity index (χ3v) is 7.99. The van der Waals surface area contributed by atoms with Crippen LogP contribution in [-0.4, -0.2) is 51.8 Å². The van der Waals surface area contributed by atoms with E-state index >= 15 is 0 Å². The Kier molecular flexibility index (Phi) is 6.91. The standard InChI is InChI=1S/C27H34ClN5/c1-18-26(29)24(19-7-11-22(12-8-19)33-15-3-2-4-16-33)25(23-13-14-30-17-31-23)27(32-18)20-5-9-21(28)10-6-20/h5-6,9-10,13-14,17-19,22,26H,2-4,7-8,11-12,15-16,29H2,1H3/t18?,19?,22?,26-/m1/s1. The molecule has 2 fully saturated rings. The van der Waals surface area contributed by atoms with Crippen LogP contribution in [0.1, 0.15) is 63.1 Å². The van der Waals surface area contributed by atoms with Gasteiger partial charge in [-0.3, -0.25) is 4.99 Å². The van der Waals surface area contributed by atoms with Crippen molar-refractivity contribution in [3.8, 4) is 0 Å². The summed E-state index contributed by atoms with van der Waals surface area (Å²) in [6, 6.07) is 10.6. The molecule has 1 aromatic heterocycles. The molecule has 1 saturated heterocycles. The van der Waals surface area contributed by atoms with Crippen LogP contribution in [0.2, 0.25) is 5.02 Å². The smallest absolute Gasteiger partial charge is 0.116 e. The topological polar surface area (TPSA) is 67.4 Å². The summed E-state index contributed by atoms with van der Waals surface area (Å²) >= 11 is 6.19. The molecule has 3 aliphatic rings. The number of aliphatic imine (C=N–C) groups is 1. The lowest BCUT2D eigenvalue weighted by molar-refractivity contribution is 0.119. The Bertz CT molecular complexity index is 1000.